The molecule has 11 aromatic rings. The summed E-state index contributed by atoms with van der Waals surface area (Å²) in [6, 6.07) is 80.5. The molecule has 1 heterocycles. The molecule has 308 valence electrons. The molecule has 0 fully saturated rings. The maximum atomic E-state index is 2.43. The minimum atomic E-state index is 1.06. The molecule has 11 rings (SSSR count). The van der Waals surface area contributed by atoms with Crippen LogP contribution < -0.4 is 0 Å². The SMILES string of the molecule is Cc1cccc(-n2c3cccc(c3)n(-c3cccc(C)c3)c3ccc(c4ccccc43)n(-c3cccc(C)c3)c3cccc(c3)n(-c3cccc(C)c3)c3ccc2c2ccccc23)c1. The average molecular weight is 825 g/mol. The molecule has 1 aromatic heterocycles. The van der Waals surface area contributed by atoms with E-state index >= 15 is 0 Å². The van der Waals surface area contributed by atoms with Gasteiger partial charge in [-0.25, -0.2) is 0 Å². The van der Waals surface area contributed by atoms with Crippen molar-refractivity contribution in [2.24, 2.45) is 0 Å². The number of fused-ring (bicyclic) bond motifs is 16. The van der Waals surface area contributed by atoms with Crippen LogP contribution in [0, 0.1) is 27.7 Å². The van der Waals surface area contributed by atoms with E-state index in [4.69, 9.17) is 0 Å². The van der Waals surface area contributed by atoms with E-state index in [0.717, 1.165) is 88.4 Å². The van der Waals surface area contributed by atoms with Crippen LogP contribution in [0.1, 0.15) is 22.3 Å². The number of hydrogen-bond donors (Lipinski definition) is 0. The van der Waals surface area contributed by atoms with Crippen molar-refractivity contribution < 1.29 is 0 Å². The number of aromatic nitrogens is 4. The zero-order valence-corrected chi connectivity index (χ0v) is 36.6. The molecule has 0 radical (unpaired) electrons. The van der Waals surface area contributed by atoms with E-state index in [9.17, 15) is 0 Å². The lowest BCUT2D eigenvalue weighted by molar-refractivity contribution is 1.13. The molecule has 4 heteroatoms. The zero-order valence-electron chi connectivity index (χ0n) is 36.6. The van der Waals surface area contributed by atoms with Crippen molar-refractivity contribution in [1.82, 2.24) is 18.3 Å². The smallest absolute Gasteiger partial charge is 0.0541 e. The van der Waals surface area contributed by atoms with E-state index in [2.05, 4.69) is 264 Å². The molecule has 0 aliphatic heterocycles. The third-order valence-corrected chi connectivity index (χ3v) is 12.5. The van der Waals surface area contributed by atoms with Crippen molar-refractivity contribution in [2.75, 3.05) is 0 Å². The molecule has 0 aliphatic rings. The van der Waals surface area contributed by atoms with Gasteiger partial charge in [-0.1, -0.05) is 109 Å². The number of rotatable bonds is 4. The Kier molecular flexibility index (Phi) is 9.70. The third-order valence-electron chi connectivity index (χ3n) is 12.5. The fraction of sp³-hybridized carbons (Fsp3) is 0.0667. The molecule has 64 heavy (non-hydrogen) atoms. The van der Waals surface area contributed by atoms with Gasteiger partial charge in [-0.3, -0.25) is 0 Å². The summed E-state index contributed by atoms with van der Waals surface area (Å²) in [5.74, 6) is 0. The highest BCUT2D eigenvalue weighted by molar-refractivity contribution is 6.08. The maximum Gasteiger partial charge on any atom is 0.0541 e. The summed E-state index contributed by atoms with van der Waals surface area (Å²) >= 11 is 0. The molecule has 4 nitrogen and oxygen atoms in total. The van der Waals surface area contributed by atoms with Gasteiger partial charge < -0.3 is 18.3 Å². The monoisotopic (exact) mass is 824 g/mol. The molecule has 0 amide bonds. The quantitative estimate of drug-likeness (QED) is 0.168. The summed E-state index contributed by atoms with van der Waals surface area (Å²) in [6.07, 6.45) is 0. The Morgan fingerprint density at radius 3 is 0.688 bits per heavy atom. The summed E-state index contributed by atoms with van der Waals surface area (Å²) < 4.78 is 9.72. The Morgan fingerprint density at radius 1 is 0.219 bits per heavy atom. The van der Waals surface area contributed by atoms with Crippen LogP contribution in [0.5, 0.6) is 0 Å². The predicted octanol–water partition coefficient (Wildman–Crippen LogP) is 15.8. The second kappa shape index (κ2) is 16.0. The van der Waals surface area contributed by atoms with Gasteiger partial charge in [0.1, 0.15) is 0 Å². The highest BCUT2D eigenvalue weighted by Crippen LogP contribution is 2.34. The summed E-state index contributed by atoms with van der Waals surface area (Å²) in [5, 5.41) is 4.61. The Balaban J connectivity index is 1.46. The van der Waals surface area contributed by atoms with Crippen LogP contribution in [0.3, 0.4) is 0 Å². The van der Waals surface area contributed by atoms with Gasteiger partial charge in [-0.2, -0.15) is 0 Å². The lowest BCUT2D eigenvalue weighted by Gasteiger charge is -2.19. The van der Waals surface area contributed by atoms with E-state index in [1.165, 1.54) is 22.3 Å². The number of nitrogens with zero attached hydrogens (tertiary/aromatic N) is 4. The Morgan fingerprint density at radius 2 is 0.453 bits per heavy atom. The van der Waals surface area contributed by atoms with Gasteiger partial charge in [0.2, 0.25) is 0 Å². The number of aryl methyl sites for hydroxylation is 4. The normalized spacial score (nSPS) is 11.4. The Bertz CT molecular complexity index is 3300. The van der Waals surface area contributed by atoms with Crippen LogP contribution in [0.25, 0.3) is 88.4 Å². The highest BCUT2D eigenvalue weighted by atomic mass is 15.0. The summed E-state index contributed by atoms with van der Waals surface area (Å²) in [6.45, 7) is 8.69. The lowest BCUT2D eigenvalue weighted by Crippen LogP contribution is -2.03. The van der Waals surface area contributed by atoms with Gasteiger partial charge in [0.25, 0.3) is 0 Å². The second-order valence-electron chi connectivity index (χ2n) is 17.0. The van der Waals surface area contributed by atoms with Crippen molar-refractivity contribution in [3.8, 4) is 22.7 Å². The second-order valence-corrected chi connectivity index (χ2v) is 17.0. The Hall–Kier alpha value is -8.08. The maximum absolute atomic E-state index is 2.43. The van der Waals surface area contributed by atoms with Gasteiger partial charge in [-0.05, 0) is 159 Å². The molecule has 0 saturated heterocycles. The summed E-state index contributed by atoms with van der Waals surface area (Å²) in [4.78, 5) is 0. The van der Waals surface area contributed by atoms with Crippen LogP contribution in [-0.2, 0) is 0 Å². The van der Waals surface area contributed by atoms with Crippen molar-refractivity contribution in [2.45, 2.75) is 27.7 Å². The van der Waals surface area contributed by atoms with Crippen molar-refractivity contribution in [1.29, 1.82) is 0 Å². The predicted molar refractivity (Wildman–Crippen MR) is 272 cm³/mol. The van der Waals surface area contributed by atoms with Gasteiger partial charge in [-0.15, -0.1) is 0 Å². The van der Waals surface area contributed by atoms with Gasteiger partial charge in [0, 0.05) is 66.4 Å². The van der Waals surface area contributed by atoms with E-state index in [0.29, 0.717) is 0 Å². The molecule has 0 spiro atoms. The molecule has 10 aromatic carbocycles. The fourth-order valence-corrected chi connectivity index (χ4v) is 9.63. The van der Waals surface area contributed by atoms with Crippen molar-refractivity contribution >= 4 is 65.7 Å². The largest absolute Gasteiger partial charge is 0.310 e. The first-order valence-corrected chi connectivity index (χ1v) is 22.1. The minimum Gasteiger partial charge on any atom is -0.310 e. The highest BCUT2D eigenvalue weighted by Gasteiger charge is 2.14. The number of benzene rings is 10. The van der Waals surface area contributed by atoms with E-state index < -0.39 is 0 Å². The number of hydrogen-bond acceptors (Lipinski definition) is 0. The molecule has 0 unspecified atom stereocenters. The molecular formula is C60H48N4. The average Bonchev–Trinajstić information content (AvgIpc) is 3.31. The first-order valence-electron chi connectivity index (χ1n) is 22.1. The first kappa shape index (κ1) is 38.8. The zero-order chi connectivity index (χ0) is 43.3. The van der Waals surface area contributed by atoms with Gasteiger partial charge in [0.15, 0.2) is 0 Å². The van der Waals surface area contributed by atoms with E-state index in [-0.39, 0.29) is 0 Å². The van der Waals surface area contributed by atoms with E-state index in [1.54, 1.807) is 0 Å². The van der Waals surface area contributed by atoms with Crippen molar-refractivity contribution in [3.05, 3.63) is 241 Å². The molecule has 0 atom stereocenters. The van der Waals surface area contributed by atoms with Gasteiger partial charge >= 0.3 is 0 Å². The molecule has 0 saturated carbocycles. The fourth-order valence-electron chi connectivity index (χ4n) is 9.63. The summed E-state index contributed by atoms with van der Waals surface area (Å²) in [5.41, 5.74) is 17.9. The molecule has 8 bridgehead atoms. The van der Waals surface area contributed by atoms with Crippen LogP contribution >= 0.6 is 0 Å². The topological polar surface area (TPSA) is 19.7 Å². The van der Waals surface area contributed by atoms with Crippen LogP contribution in [0.15, 0.2) is 218 Å². The first-order chi connectivity index (χ1) is 31.4. The minimum absolute atomic E-state index is 1.06. The summed E-state index contributed by atoms with van der Waals surface area (Å²) in [7, 11) is 0. The Labute approximate surface area is 373 Å². The van der Waals surface area contributed by atoms with Gasteiger partial charge in [0.05, 0.1) is 22.1 Å². The molecule has 0 N–H and O–H groups in total. The molecule has 0 aliphatic carbocycles. The van der Waals surface area contributed by atoms with Crippen molar-refractivity contribution in [3.63, 3.8) is 0 Å². The lowest BCUT2D eigenvalue weighted by atomic mass is 10.1. The third kappa shape index (κ3) is 6.90. The van der Waals surface area contributed by atoms with Crippen LogP contribution in [0.2, 0.25) is 0 Å². The molecular weight excluding hydrogens is 777 g/mol. The van der Waals surface area contributed by atoms with E-state index in [1.807, 2.05) is 0 Å². The standard InChI is InChI=1S/C60H48N4/c1-41-15-9-19-45(35-41)61-49-23-13-24-50(39-49)62(46-20-10-16-42(2)36-46)59-33-34-60(56-30-8-7-29-55(56)59)64(48-22-12-18-44(4)38-48)52-26-14-25-51(40-52)63(47-21-11-17-43(3)37-47)58-32-31-57(61)53-27-5-6-28-54(53)58/h5-40H,1-4H3. The van der Waals surface area contributed by atoms with Crippen LogP contribution in [0.4, 0.5) is 0 Å². The van der Waals surface area contributed by atoms with Crippen LogP contribution in [-0.4, -0.2) is 18.3 Å².